The predicted octanol–water partition coefficient (Wildman–Crippen LogP) is 1.08. The Bertz CT molecular complexity index is 1260. The Morgan fingerprint density at radius 1 is 1.12 bits per heavy atom. The predicted molar refractivity (Wildman–Crippen MR) is 162 cm³/mol. The molecule has 2 atom stereocenters. The molecule has 43 heavy (non-hydrogen) atoms. The molecule has 0 aromatic carbocycles. The summed E-state index contributed by atoms with van der Waals surface area (Å²) in [4.78, 5) is 57.3. The minimum Gasteiger partial charge on any atom is -0.395 e. The smallest absolute Gasteiger partial charge is 0.257 e. The summed E-state index contributed by atoms with van der Waals surface area (Å²) >= 11 is 0. The van der Waals surface area contributed by atoms with Crippen LogP contribution in [0.25, 0.3) is 0 Å². The number of aryl methyl sites for hydroxylation is 1. The molecule has 3 amide bonds. The van der Waals surface area contributed by atoms with E-state index in [-0.39, 0.29) is 42.7 Å². The van der Waals surface area contributed by atoms with Gasteiger partial charge in [0.1, 0.15) is 23.5 Å². The monoisotopic (exact) mass is 597 g/mol. The molecular weight excluding hydrogens is 550 g/mol. The fourth-order valence-electron chi connectivity index (χ4n) is 5.72. The Balaban J connectivity index is 1.63. The maximum absolute atomic E-state index is 14.2. The molecule has 0 aliphatic carbocycles. The molecule has 2 aromatic heterocycles. The van der Waals surface area contributed by atoms with Crippen LogP contribution >= 0.6 is 0 Å². The highest BCUT2D eigenvalue weighted by atomic mass is 16.3. The van der Waals surface area contributed by atoms with Crippen molar-refractivity contribution in [3.8, 4) is 0 Å². The lowest BCUT2D eigenvalue weighted by molar-refractivity contribution is -0.138. The zero-order chi connectivity index (χ0) is 31.1. The van der Waals surface area contributed by atoms with Gasteiger partial charge in [0.25, 0.3) is 5.91 Å². The Labute approximate surface area is 254 Å². The number of rotatable bonds is 6. The maximum Gasteiger partial charge on any atom is 0.257 e. The third-order valence-electron chi connectivity index (χ3n) is 8.29. The molecule has 2 aromatic rings. The topological polar surface area (TPSA) is 140 Å². The van der Waals surface area contributed by atoms with Crippen LogP contribution in [0, 0.1) is 12.8 Å². The van der Waals surface area contributed by atoms with Crippen LogP contribution in [0.1, 0.15) is 68.1 Å². The van der Waals surface area contributed by atoms with Crippen molar-refractivity contribution < 1.29 is 19.5 Å². The first-order valence-corrected chi connectivity index (χ1v) is 15.4. The minimum absolute atomic E-state index is 0.122. The second kappa shape index (κ2) is 14.7. The van der Waals surface area contributed by atoms with Gasteiger partial charge in [0.05, 0.1) is 24.8 Å². The highest BCUT2D eigenvalue weighted by Gasteiger charge is 2.30. The van der Waals surface area contributed by atoms with Crippen LogP contribution < -0.4 is 10.2 Å². The van der Waals surface area contributed by atoms with Gasteiger partial charge in [0.2, 0.25) is 11.8 Å². The van der Waals surface area contributed by atoms with Crippen molar-refractivity contribution in [2.24, 2.45) is 5.92 Å². The molecule has 0 bridgehead atoms. The third kappa shape index (κ3) is 8.08. The number of fused-ring (bicyclic) bond motifs is 1. The molecule has 2 aliphatic heterocycles. The molecule has 13 nitrogen and oxygen atoms in total. The van der Waals surface area contributed by atoms with Crippen LogP contribution in [0.15, 0.2) is 18.3 Å². The number of β-amino-alcohol motifs (C(OH)–C–C–N with tert-alkyl or cyclic N) is 1. The largest absolute Gasteiger partial charge is 0.395 e. The second-order valence-electron chi connectivity index (χ2n) is 11.9. The summed E-state index contributed by atoms with van der Waals surface area (Å²) in [6.45, 7) is 12.6. The van der Waals surface area contributed by atoms with Gasteiger partial charge in [-0.25, -0.2) is 14.6 Å². The van der Waals surface area contributed by atoms with E-state index in [4.69, 9.17) is 0 Å². The molecule has 1 fully saturated rings. The van der Waals surface area contributed by atoms with E-state index in [1.165, 1.54) is 4.90 Å². The van der Waals surface area contributed by atoms with Crippen molar-refractivity contribution in [1.29, 1.82) is 0 Å². The average Bonchev–Trinajstić information content (AvgIpc) is 3.37. The van der Waals surface area contributed by atoms with Crippen LogP contribution in [0.3, 0.4) is 0 Å². The lowest BCUT2D eigenvalue weighted by Crippen LogP contribution is -2.48. The van der Waals surface area contributed by atoms with Crippen molar-refractivity contribution >= 4 is 23.5 Å². The number of aliphatic hydroxyl groups is 1. The van der Waals surface area contributed by atoms with Gasteiger partial charge in [-0.2, -0.15) is 5.10 Å². The number of likely N-dealkylation sites (N-methyl/N-ethyl adjacent to an activating group) is 1. The van der Waals surface area contributed by atoms with Crippen molar-refractivity contribution in [3.05, 3.63) is 35.5 Å². The third-order valence-corrected chi connectivity index (χ3v) is 8.29. The highest BCUT2D eigenvalue weighted by Crippen LogP contribution is 2.23. The minimum atomic E-state index is -0.656. The Kier molecular flexibility index (Phi) is 11.1. The first kappa shape index (κ1) is 32.3. The maximum atomic E-state index is 14.2. The number of carbonyl (C=O) groups is 3. The first-order valence-electron chi connectivity index (χ1n) is 15.4. The van der Waals surface area contributed by atoms with Crippen LogP contribution in [-0.2, 0) is 16.1 Å². The number of nitrogens with one attached hydrogen (secondary N) is 1. The Hall–Kier alpha value is -3.58. The van der Waals surface area contributed by atoms with E-state index in [0.29, 0.717) is 75.1 Å². The molecule has 2 N–H and O–H groups in total. The molecule has 13 heteroatoms. The zero-order valence-corrected chi connectivity index (χ0v) is 26.2. The van der Waals surface area contributed by atoms with Gasteiger partial charge >= 0.3 is 0 Å². The molecule has 0 saturated carbocycles. The van der Waals surface area contributed by atoms with Gasteiger partial charge in [-0.3, -0.25) is 19.3 Å². The van der Waals surface area contributed by atoms with E-state index in [0.717, 1.165) is 13.1 Å². The van der Waals surface area contributed by atoms with Gasteiger partial charge in [0.15, 0.2) is 0 Å². The zero-order valence-electron chi connectivity index (χ0n) is 26.2. The summed E-state index contributed by atoms with van der Waals surface area (Å²) in [6.07, 6.45) is 3.03. The number of piperazine rings is 1. The van der Waals surface area contributed by atoms with Crippen LogP contribution in [-0.4, -0.2) is 123 Å². The Morgan fingerprint density at radius 3 is 2.56 bits per heavy atom. The number of anilines is 1. The van der Waals surface area contributed by atoms with Crippen LogP contribution in [0.5, 0.6) is 0 Å². The molecule has 0 spiro atoms. The highest BCUT2D eigenvalue weighted by molar-refractivity contribution is 5.99. The molecule has 236 valence electrons. The van der Waals surface area contributed by atoms with Crippen molar-refractivity contribution in [2.45, 2.75) is 65.6 Å². The van der Waals surface area contributed by atoms with Crippen molar-refractivity contribution in [2.75, 3.05) is 64.4 Å². The van der Waals surface area contributed by atoms with E-state index in [1.807, 2.05) is 13.0 Å². The lowest BCUT2D eigenvalue weighted by Gasteiger charge is -2.36. The summed E-state index contributed by atoms with van der Waals surface area (Å²) in [6, 6.07) is 2.55. The average molecular weight is 598 g/mol. The van der Waals surface area contributed by atoms with Crippen molar-refractivity contribution in [3.63, 3.8) is 0 Å². The molecule has 0 radical (unpaired) electrons. The van der Waals surface area contributed by atoms with Crippen LogP contribution in [0.2, 0.25) is 0 Å². The number of hydrogen-bond donors (Lipinski definition) is 2. The number of hydrogen-bond acceptors (Lipinski definition) is 9. The molecule has 0 unspecified atom stereocenters. The van der Waals surface area contributed by atoms with Gasteiger partial charge in [-0.15, -0.1) is 0 Å². The Morgan fingerprint density at radius 2 is 1.86 bits per heavy atom. The number of pyridine rings is 1. The second-order valence-corrected chi connectivity index (χ2v) is 11.9. The summed E-state index contributed by atoms with van der Waals surface area (Å²) < 4.78 is 1.80. The fourth-order valence-corrected chi connectivity index (χ4v) is 5.72. The van der Waals surface area contributed by atoms with Crippen molar-refractivity contribution in [1.82, 2.24) is 39.8 Å². The standard InChI is InChI=1S/C30H47N9O4/c1-21(2)20-25-28-32-23(4)34-39(28)17-16-38(11-7-9-26(41)35(5)22(3)29(42)33-25)30(43)24-8-6-10-31-27(24)37-14-12-36(13-15-37)18-19-40/h6,8,10,21-22,25,40H,7,9,11-20H2,1-5H3,(H,33,42)/t22-,25+/m0/s1. The SMILES string of the molecule is Cc1nc2n(n1)CCN(C(=O)c1cccnc1N1CCN(CCO)CC1)CCCC(=O)N(C)[C@@H](C)C(=O)N[C@@H]2CC(C)C. The normalized spacial score (nSPS) is 21.5. The van der Waals surface area contributed by atoms with Gasteiger partial charge in [0, 0.05) is 65.5 Å². The number of nitrogens with zero attached hydrogens (tertiary/aromatic N) is 8. The molecule has 4 rings (SSSR count). The van der Waals surface area contributed by atoms with E-state index in [1.54, 1.807) is 35.8 Å². The van der Waals surface area contributed by atoms with E-state index in [9.17, 15) is 19.5 Å². The molecule has 2 aliphatic rings. The first-order chi connectivity index (χ1) is 20.6. The van der Waals surface area contributed by atoms with Gasteiger partial charge < -0.3 is 25.1 Å². The fraction of sp³-hybridized carbons (Fsp3) is 0.667. The molecular formula is C30H47N9O4. The van der Waals surface area contributed by atoms with E-state index >= 15 is 0 Å². The summed E-state index contributed by atoms with van der Waals surface area (Å²) in [7, 11) is 1.65. The summed E-state index contributed by atoms with van der Waals surface area (Å²) in [5.74, 6) is 1.64. The number of aromatic nitrogens is 4. The number of amides is 3. The number of aliphatic hydroxyl groups excluding tert-OH is 1. The summed E-state index contributed by atoms with van der Waals surface area (Å²) in [5.41, 5.74) is 0.524. The van der Waals surface area contributed by atoms with Gasteiger partial charge in [-0.1, -0.05) is 13.8 Å². The van der Waals surface area contributed by atoms with Crippen LogP contribution in [0.4, 0.5) is 5.82 Å². The van der Waals surface area contributed by atoms with E-state index in [2.05, 4.69) is 44.0 Å². The quantitative estimate of drug-likeness (QED) is 0.501. The van der Waals surface area contributed by atoms with E-state index < -0.39 is 6.04 Å². The van der Waals surface area contributed by atoms with Gasteiger partial charge in [-0.05, 0) is 44.7 Å². The lowest BCUT2D eigenvalue weighted by atomic mass is 10.0. The summed E-state index contributed by atoms with van der Waals surface area (Å²) in [5, 5.41) is 17.1. The molecule has 4 heterocycles. The molecule has 1 saturated heterocycles. The number of carbonyl (C=O) groups excluding carboxylic acids is 3.